The number of amides is 1. The molecule has 2 rings (SSSR count). The van der Waals surface area contributed by atoms with E-state index in [9.17, 15) is 9.59 Å². The van der Waals surface area contributed by atoms with Gasteiger partial charge in [0.05, 0.1) is 6.61 Å². The van der Waals surface area contributed by atoms with Gasteiger partial charge in [-0.15, -0.1) is 0 Å². The molecule has 1 aromatic rings. The highest BCUT2D eigenvalue weighted by atomic mass is 16.6. The van der Waals surface area contributed by atoms with Gasteiger partial charge in [0.15, 0.2) is 0 Å². The lowest BCUT2D eigenvalue weighted by molar-refractivity contribution is -0.151. The minimum absolute atomic E-state index is 0.196. The molecule has 0 N–H and O–H groups in total. The molecule has 1 fully saturated rings. The smallest absolute Gasteiger partial charge is 0.410 e. The summed E-state index contributed by atoms with van der Waals surface area (Å²) in [6.07, 6.45) is -0.477. The molecule has 1 saturated heterocycles. The summed E-state index contributed by atoms with van der Waals surface area (Å²) >= 11 is 0. The Morgan fingerprint density at radius 1 is 1.18 bits per heavy atom. The summed E-state index contributed by atoms with van der Waals surface area (Å²) in [5.41, 5.74) is 0.915. The third-order valence-corrected chi connectivity index (χ3v) is 3.58. The summed E-state index contributed by atoms with van der Waals surface area (Å²) < 4.78 is 10.4. The number of hydrogen-bond donors (Lipinski definition) is 0. The van der Waals surface area contributed by atoms with Gasteiger partial charge in [0.2, 0.25) is 0 Å². The molecule has 1 aliphatic heterocycles. The molecule has 0 radical (unpaired) electrons. The summed E-state index contributed by atoms with van der Waals surface area (Å²) in [6.45, 7) is 3.86. The van der Waals surface area contributed by atoms with Crippen molar-refractivity contribution in [2.24, 2.45) is 0 Å². The number of rotatable bonds is 4. The monoisotopic (exact) mass is 306 g/mol. The Morgan fingerprint density at radius 3 is 2.59 bits per heavy atom. The fraction of sp³-hybridized carbons (Fsp3) is 0.500. The first-order chi connectivity index (χ1) is 10.6. The van der Waals surface area contributed by atoms with Gasteiger partial charge in [-0.1, -0.05) is 30.3 Å². The van der Waals surface area contributed by atoms with Crippen LogP contribution in [-0.4, -0.2) is 61.2 Å². The van der Waals surface area contributed by atoms with Crippen molar-refractivity contribution in [3.8, 4) is 0 Å². The van der Waals surface area contributed by atoms with Gasteiger partial charge in [0.1, 0.15) is 12.6 Å². The van der Waals surface area contributed by atoms with Crippen molar-refractivity contribution in [3.05, 3.63) is 35.9 Å². The van der Waals surface area contributed by atoms with E-state index < -0.39 is 12.1 Å². The summed E-state index contributed by atoms with van der Waals surface area (Å²) in [5, 5.41) is 0. The summed E-state index contributed by atoms with van der Waals surface area (Å²) in [5.74, 6) is -0.384. The molecule has 1 aliphatic rings. The lowest BCUT2D eigenvalue weighted by Crippen LogP contribution is -2.57. The standard InChI is InChI=1S/C16H22N2O4/c1-3-21-15(19)14-11-17(2)9-10-18(14)16(20)22-12-13-7-5-4-6-8-13/h4-8,14H,3,9-12H2,1-2H3/t14-/m0/s1. The van der Waals surface area contributed by atoms with E-state index in [1.165, 1.54) is 4.90 Å². The maximum atomic E-state index is 12.3. The van der Waals surface area contributed by atoms with Crippen molar-refractivity contribution in [2.75, 3.05) is 33.3 Å². The molecular weight excluding hydrogens is 284 g/mol. The molecule has 120 valence electrons. The number of carbonyl (C=O) groups excluding carboxylic acids is 2. The molecule has 0 saturated carbocycles. The second kappa shape index (κ2) is 7.79. The van der Waals surface area contributed by atoms with Crippen molar-refractivity contribution >= 4 is 12.1 Å². The Labute approximate surface area is 130 Å². The van der Waals surface area contributed by atoms with Crippen LogP contribution in [0.4, 0.5) is 4.79 Å². The number of likely N-dealkylation sites (N-methyl/N-ethyl adjacent to an activating group) is 1. The molecule has 1 atom stereocenters. The summed E-state index contributed by atoms with van der Waals surface area (Å²) in [7, 11) is 1.92. The fourth-order valence-electron chi connectivity index (χ4n) is 2.38. The molecule has 1 amide bonds. The Bertz CT molecular complexity index is 506. The van der Waals surface area contributed by atoms with E-state index in [0.29, 0.717) is 26.2 Å². The maximum Gasteiger partial charge on any atom is 0.410 e. The van der Waals surface area contributed by atoms with Crippen molar-refractivity contribution in [2.45, 2.75) is 19.6 Å². The third kappa shape index (κ3) is 4.21. The molecule has 6 heteroatoms. The van der Waals surface area contributed by atoms with Gasteiger partial charge in [0.25, 0.3) is 0 Å². The van der Waals surface area contributed by atoms with Crippen molar-refractivity contribution in [1.29, 1.82) is 0 Å². The minimum atomic E-state index is -0.609. The van der Waals surface area contributed by atoms with Gasteiger partial charge < -0.3 is 14.4 Å². The van der Waals surface area contributed by atoms with Crippen LogP contribution in [0.3, 0.4) is 0 Å². The number of carbonyl (C=O) groups is 2. The van der Waals surface area contributed by atoms with Crippen LogP contribution in [0, 0.1) is 0 Å². The van der Waals surface area contributed by atoms with Crippen LogP contribution in [0.5, 0.6) is 0 Å². The van der Waals surface area contributed by atoms with E-state index in [1.54, 1.807) is 6.92 Å². The largest absolute Gasteiger partial charge is 0.464 e. The first kappa shape index (κ1) is 16.3. The van der Waals surface area contributed by atoms with Crippen LogP contribution < -0.4 is 0 Å². The van der Waals surface area contributed by atoms with Crippen LogP contribution in [0.2, 0.25) is 0 Å². The predicted molar refractivity (Wildman–Crippen MR) is 81.3 cm³/mol. The topological polar surface area (TPSA) is 59.1 Å². The van der Waals surface area contributed by atoms with Gasteiger partial charge >= 0.3 is 12.1 Å². The second-order valence-electron chi connectivity index (χ2n) is 5.26. The number of benzene rings is 1. The second-order valence-corrected chi connectivity index (χ2v) is 5.26. The predicted octanol–water partition coefficient (Wildman–Crippen LogP) is 1.50. The molecule has 1 heterocycles. The molecule has 1 aromatic carbocycles. The molecule has 0 spiro atoms. The van der Waals surface area contributed by atoms with Crippen LogP contribution in [0.15, 0.2) is 30.3 Å². The van der Waals surface area contributed by atoms with Crippen LogP contribution in [0.25, 0.3) is 0 Å². The van der Waals surface area contributed by atoms with Gasteiger partial charge in [-0.05, 0) is 19.5 Å². The fourth-order valence-corrected chi connectivity index (χ4v) is 2.38. The van der Waals surface area contributed by atoms with E-state index in [1.807, 2.05) is 42.3 Å². The SMILES string of the molecule is CCOC(=O)[C@@H]1CN(C)CCN1C(=O)OCc1ccccc1. The van der Waals surface area contributed by atoms with Crippen LogP contribution in [0.1, 0.15) is 12.5 Å². The Hall–Kier alpha value is -2.08. The molecule has 22 heavy (non-hydrogen) atoms. The molecule has 0 aromatic heterocycles. The van der Waals surface area contributed by atoms with E-state index in [4.69, 9.17) is 9.47 Å². The first-order valence-electron chi connectivity index (χ1n) is 7.44. The summed E-state index contributed by atoms with van der Waals surface area (Å²) in [4.78, 5) is 27.8. The lowest BCUT2D eigenvalue weighted by Gasteiger charge is -2.37. The van der Waals surface area contributed by atoms with E-state index in [0.717, 1.165) is 5.56 Å². The molecule has 0 aliphatic carbocycles. The average Bonchev–Trinajstić information content (AvgIpc) is 2.53. The number of nitrogens with zero attached hydrogens (tertiary/aromatic N) is 2. The highest BCUT2D eigenvalue weighted by Gasteiger charge is 2.36. The Balaban J connectivity index is 1.97. The minimum Gasteiger partial charge on any atom is -0.464 e. The van der Waals surface area contributed by atoms with Crippen molar-refractivity contribution in [3.63, 3.8) is 0 Å². The van der Waals surface area contributed by atoms with Crippen molar-refractivity contribution < 1.29 is 19.1 Å². The number of hydrogen-bond acceptors (Lipinski definition) is 5. The third-order valence-electron chi connectivity index (χ3n) is 3.58. The highest BCUT2D eigenvalue weighted by Crippen LogP contribution is 2.13. The van der Waals surface area contributed by atoms with Gasteiger partial charge in [-0.3, -0.25) is 4.90 Å². The maximum absolute atomic E-state index is 12.3. The molecule has 0 unspecified atom stereocenters. The zero-order valence-electron chi connectivity index (χ0n) is 13.0. The van der Waals surface area contributed by atoms with Gasteiger partial charge in [-0.25, -0.2) is 9.59 Å². The Morgan fingerprint density at radius 2 is 1.91 bits per heavy atom. The summed E-state index contributed by atoms with van der Waals surface area (Å²) in [6, 6.07) is 8.85. The highest BCUT2D eigenvalue weighted by molar-refractivity contribution is 5.82. The zero-order valence-corrected chi connectivity index (χ0v) is 13.0. The first-order valence-corrected chi connectivity index (χ1v) is 7.44. The van der Waals surface area contributed by atoms with Crippen LogP contribution in [-0.2, 0) is 20.9 Å². The average molecular weight is 306 g/mol. The Kier molecular flexibility index (Phi) is 5.77. The van der Waals surface area contributed by atoms with E-state index in [2.05, 4.69) is 0 Å². The number of piperazine rings is 1. The van der Waals surface area contributed by atoms with Gasteiger partial charge in [-0.2, -0.15) is 0 Å². The number of esters is 1. The van der Waals surface area contributed by atoms with Gasteiger partial charge in [0, 0.05) is 19.6 Å². The van der Waals surface area contributed by atoms with E-state index in [-0.39, 0.29) is 12.6 Å². The molecule has 6 nitrogen and oxygen atoms in total. The zero-order chi connectivity index (χ0) is 15.9. The lowest BCUT2D eigenvalue weighted by atomic mass is 10.2. The quantitative estimate of drug-likeness (QED) is 0.789. The van der Waals surface area contributed by atoms with Crippen molar-refractivity contribution in [1.82, 2.24) is 9.80 Å². The number of ether oxygens (including phenoxy) is 2. The normalized spacial score (nSPS) is 18.8. The molecule has 0 bridgehead atoms. The molecular formula is C16H22N2O4. The van der Waals surface area contributed by atoms with Crippen LogP contribution >= 0.6 is 0 Å². The van der Waals surface area contributed by atoms with E-state index >= 15 is 0 Å².